The number of carbonyl (C=O) groups excluding carboxylic acids is 2. The molecule has 0 radical (unpaired) electrons. The van der Waals surface area contributed by atoms with E-state index in [-0.39, 0.29) is 22.6 Å². The predicted molar refractivity (Wildman–Crippen MR) is 89.0 cm³/mol. The molecule has 0 bridgehead atoms. The van der Waals surface area contributed by atoms with Crippen molar-refractivity contribution in [2.45, 2.75) is 11.5 Å². The third-order valence-corrected chi connectivity index (χ3v) is 5.72. The van der Waals surface area contributed by atoms with Gasteiger partial charge in [0, 0.05) is 19.7 Å². The molecule has 8 heteroatoms. The zero-order valence-electron chi connectivity index (χ0n) is 13.7. The third-order valence-electron chi connectivity index (χ3n) is 3.94. The van der Waals surface area contributed by atoms with Crippen LogP contribution in [-0.2, 0) is 21.5 Å². The van der Waals surface area contributed by atoms with Crippen molar-refractivity contribution in [1.82, 2.24) is 9.37 Å². The zero-order chi connectivity index (χ0) is 18.2. The monoisotopic (exact) mass is 360 g/mol. The molecule has 0 saturated carbocycles. The summed E-state index contributed by atoms with van der Waals surface area (Å²) < 4.78 is 25.1. The molecule has 0 N–H and O–H groups in total. The summed E-state index contributed by atoms with van der Waals surface area (Å²) in [5, 5.41) is 1.04. The number of benzene rings is 2. The van der Waals surface area contributed by atoms with E-state index in [1.807, 2.05) is 30.3 Å². The lowest BCUT2D eigenvalue weighted by Crippen LogP contribution is -2.27. The zero-order valence-corrected chi connectivity index (χ0v) is 14.5. The van der Waals surface area contributed by atoms with Crippen LogP contribution < -0.4 is 0 Å². The Bertz CT molecular complexity index is 941. The molecule has 0 aromatic heterocycles. The van der Waals surface area contributed by atoms with Gasteiger partial charge in [-0.05, 0) is 23.8 Å². The minimum Gasteiger partial charge on any atom is -0.268 e. The molecule has 0 fully saturated rings. The van der Waals surface area contributed by atoms with Gasteiger partial charge in [-0.2, -0.15) is 0 Å². The summed E-state index contributed by atoms with van der Waals surface area (Å²) in [4.78, 5) is 29.6. The topological polar surface area (TPSA) is 84.0 Å². The first-order valence-electron chi connectivity index (χ1n) is 7.44. The van der Waals surface area contributed by atoms with E-state index in [9.17, 15) is 18.0 Å². The Morgan fingerprint density at radius 1 is 1.16 bits per heavy atom. The van der Waals surface area contributed by atoms with Crippen LogP contribution in [0.25, 0.3) is 0 Å². The summed E-state index contributed by atoms with van der Waals surface area (Å²) >= 11 is 0. The van der Waals surface area contributed by atoms with Crippen molar-refractivity contribution in [2.75, 3.05) is 14.1 Å². The van der Waals surface area contributed by atoms with Crippen molar-refractivity contribution < 1.29 is 22.8 Å². The molecule has 1 heterocycles. The van der Waals surface area contributed by atoms with E-state index in [1.54, 1.807) is 0 Å². The van der Waals surface area contributed by atoms with Crippen molar-refractivity contribution in [3.8, 4) is 0 Å². The standard InChI is InChI=1S/C17H16N2O5S/c1-18(24-11-12-6-4-3-5-7-12)16(20)13-8-9-14-15(10-13)25(22,23)19(2)17(14)21/h3-10H,11H2,1-2H3. The summed E-state index contributed by atoms with van der Waals surface area (Å²) in [7, 11) is -1.26. The predicted octanol–water partition coefficient (Wildman–Crippen LogP) is 1.66. The highest BCUT2D eigenvalue weighted by Crippen LogP contribution is 2.29. The Morgan fingerprint density at radius 3 is 2.52 bits per heavy atom. The molecule has 130 valence electrons. The molecule has 0 aliphatic carbocycles. The third kappa shape index (κ3) is 3.01. The largest absolute Gasteiger partial charge is 0.277 e. The minimum absolute atomic E-state index is 0.0620. The summed E-state index contributed by atoms with van der Waals surface area (Å²) in [6, 6.07) is 13.3. The van der Waals surface area contributed by atoms with Gasteiger partial charge in [-0.25, -0.2) is 17.8 Å². The van der Waals surface area contributed by atoms with Crippen LogP contribution in [0.5, 0.6) is 0 Å². The van der Waals surface area contributed by atoms with E-state index in [0.717, 1.165) is 10.6 Å². The fraction of sp³-hybridized carbons (Fsp3) is 0.176. The molecule has 0 spiro atoms. The quantitative estimate of drug-likeness (QED) is 0.775. The lowest BCUT2D eigenvalue weighted by molar-refractivity contribution is -0.116. The van der Waals surface area contributed by atoms with Gasteiger partial charge in [-0.15, -0.1) is 0 Å². The smallest absolute Gasteiger partial charge is 0.268 e. The molecule has 2 aromatic rings. The Kier molecular flexibility index (Phi) is 4.32. The van der Waals surface area contributed by atoms with Crippen molar-refractivity contribution >= 4 is 21.8 Å². The highest BCUT2D eigenvalue weighted by Gasteiger charge is 2.39. The first-order chi connectivity index (χ1) is 11.8. The molecule has 0 unspecified atom stereocenters. The molecule has 1 aliphatic heterocycles. The van der Waals surface area contributed by atoms with Crippen LogP contribution in [0.3, 0.4) is 0 Å². The Hall–Kier alpha value is -2.71. The summed E-state index contributed by atoms with van der Waals surface area (Å²) in [6.07, 6.45) is 0. The number of hydrogen-bond donors (Lipinski definition) is 0. The maximum atomic E-state index is 12.4. The van der Waals surface area contributed by atoms with E-state index >= 15 is 0 Å². The van der Waals surface area contributed by atoms with Crippen LogP contribution in [-0.4, -0.2) is 43.7 Å². The summed E-state index contributed by atoms with van der Waals surface area (Å²) in [6.45, 7) is 0.202. The molecule has 25 heavy (non-hydrogen) atoms. The van der Waals surface area contributed by atoms with Crippen LogP contribution in [0.15, 0.2) is 53.4 Å². The number of sulfonamides is 1. The number of fused-ring (bicyclic) bond motifs is 1. The number of hydroxylamine groups is 2. The fourth-order valence-electron chi connectivity index (χ4n) is 2.46. The maximum absolute atomic E-state index is 12.4. The number of carbonyl (C=O) groups is 2. The minimum atomic E-state index is -3.90. The van der Waals surface area contributed by atoms with E-state index in [2.05, 4.69) is 0 Å². The normalized spacial score (nSPS) is 15.1. The first-order valence-corrected chi connectivity index (χ1v) is 8.88. The Labute approximate surface area is 145 Å². The van der Waals surface area contributed by atoms with E-state index < -0.39 is 21.8 Å². The number of nitrogens with zero attached hydrogens (tertiary/aromatic N) is 2. The second kappa shape index (κ2) is 6.30. The lowest BCUT2D eigenvalue weighted by atomic mass is 10.1. The van der Waals surface area contributed by atoms with Crippen LogP contribution in [0.1, 0.15) is 26.3 Å². The van der Waals surface area contributed by atoms with E-state index in [4.69, 9.17) is 4.84 Å². The van der Waals surface area contributed by atoms with Crippen LogP contribution >= 0.6 is 0 Å². The van der Waals surface area contributed by atoms with Crippen molar-refractivity contribution in [2.24, 2.45) is 0 Å². The van der Waals surface area contributed by atoms with Gasteiger partial charge in [0.05, 0.1) is 5.56 Å². The highest BCUT2D eigenvalue weighted by atomic mass is 32.2. The van der Waals surface area contributed by atoms with Gasteiger partial charge in [-0.3, -0.25) is 14.4 Å². The van der Waals surface area contributed by atoms with Crippen molar-refractivity contribution in [1.29, 1.82) is 0 Å². The highest BCUT2D eigenvalue weighted by molar-refractivity contribution is 7.90. The number of rotatable bonds is 4. The van der Waals surface area contributed by atoms with Crippen LogP contribution in [0, 0.1) is 0 Å². The van der Waals surface area contributed by atoms with Gasteiger partial charge < -0.3 is 0 Å². The average Bonchev–Trinajstić information content (AvgIpc) is 2.80. The van der Waals surface area contributed by atoms with Crippen molar-refractivity contribution in [3.63, 3.8) is 0 Å². The van der Waals surface area contributed by atoms with Gasteiger partial charge in [-0.1, -0.05) is 30.3 Å². The van der Waals surface area contributed by atoms with Gasteiger partial charge in [0.1, 0.15) is 11.5 Å². The second-order valence-electron chi connectivity index (χ2n) is 5.55. The molecule has 0 atom stereocenters. The van der Waals surface area contributed by atoms with Gasteiger partial charge >= 0.3 is 0 Å². The molecule has 2 aromatic carbocycles. The Morgan fingerprint density at radius 2 is 1.84 bits per heavy atom. The van der Waals surface area contributed by atoms with Gasteiger partial charge in [0.2, 0.25) is 0 Å². The van der Waals surface area contributed by atoms with Gasteiger partial charge in [0.25, 0.3) is 21.8 Å². The molecule has 1 aliphatic rings. The fourth-order valence-corrected chi connectivity index (χ4v) is 3.78. The molecular formula is C17H16N2O5S. The second-order valence-corrected chi connectivity index (χ2v) is 7.49. The van der Waals surface area contributed by atoms with E-state index in [1.165, 1.54) is 32.3 Å². The lowest BCUT2D eigenvalue weighted by Gasteiger charge is -2.17. The number of amides is 2. The first kappa shape index (κ1) is 17.1. The molecule has 2 amide bonds. The Balaban J connectivity index is 1.80. The molecule has 7 nitrogen and oxygen atoms in total. The van der Waals surface area contributed by atoms with Gasteiger partial charge in [0.15, 0.2) is 0 Å². The maximum Gasteiger partial charge on any atom is 0.277 e. The average molecular weight is 360 g/mol. The van der Waals surface area contributed by atoms with Crippen molar-refractivity contribution in [3.05, 3.63) is 65.2 Å². The molecule has 0 saturated heterocycles. The van der Waals surface area contributed by atoms with Crippen LogP contribution in [0.4, 0.5) is 0 Å². The van der Waals surface area contributed by atoms with Crippen LogP contribution in [0.2, 0.25) is 0 Å². The summed E-state index contributed by atoms with van der Waals surface area (Å²) in [5.74, 6) is -1.11. The molecular weight excluding hydrogens is 344 g/mol. The summed E-state index contributed by atoms with van der Waals surface area (Å²) in [5.41, 5.74) is 1.08. The molecule has 3 rings (SSSR count). The SMILES string of the molecule is CN(OCc1ccccc1)C(=O)c1ccc2c(c1)S(=O)(=O)N(C)C2=O. The number of hydrogen-bond acceptors (Lipinski definition) is 5. The van der Waals surface area contributed by atoms with E-state index in [0.29, 0.717) is 4.31 Å².